The van der Waals surface area contributed by atoms with Crippen LogP contribution in [0.25, 0.3) is 0 Å². The van der Waals surface area contributed by atoms with E-state index in [0.717, 1.165) is 0 Å². The van der Waals surface area contributed by atoms with Gasteiger partial charge in [-0.2, -0.15) is 0 Å². The van der Waals surface area contributed by atoms with Gasteiger partial charge in [-0.1, -0.05) is 6.92 Å². The van der Waals surface area contributed by atoms with E-state index in [0.29, 0.717) is 12.0 Å². The lowest BCUT2D eigenvalue weighted by atomic mass is 10.1. The maximum atomic E-state index is 9.36. The summed E-state index contributed by atoms with van der Waals surface area (Å²) in [5.41, 5.74) is 0.537. The summed E-state index contributed by atoms with van der Waals surface area (Å²) in [7, 11) is 0. The van der Waals surface area contributed by atoms with Crippen LogP contribution in [0.1, 0.15) is 25.0 Å². The molecule has 0 aliphatic rings. The summed E-state index contributed by atoms with van der Waals surface area (Å²) in [5.74, 6) is -0.0602. The minimum absolute atomic E-state index is 0.0301. The first-order chi connectivity index (χ1) is 5.63. The van der Waals surface area contributed by atoms with Crippen molar-refractivity contribution >= 4 is 0 Å². The molecular weight excluding hydrogens is 156 g/mol. The zero-order chi connectivity index (χ0) is 9.14. The van der Waals surface area contributed by atoms with Crippen molar-refractivity contribution in [2.24, 2.45) is 0 Å². The monoisotopic (exact) mass is 168 g/mol. The van der Waals surface area contributed by atoms with Gasteiger partial charge >= 0.3 is 0 Å². The van der Waals surface area contributed by atoms with E-state index in [1.54, 1.807) is 0 Å². The van der Waals surface area contributed by atoms with Crippen LogP contribution in [0.5, 0.6) is 11.5 Å². The third kappa shape index (κ3) is 1.89. The molecule has 0 spiro atoms. The van der Waals surface area contributed by atoms with Gasteiger partial charge in [0.25, 0.3) is 0 Å². The molecule has 0 aliphatic heterocycles. The highest BCUT2D eigenvalue weighted by molar-refractivity contribution is 5.37. The lowest BCUT2D eigenvalue weighted by molar-refractivity contribution is 0.173. The fourth-order valence-corrected chi connectivity index (χ4v) is 1.05. The summed E-state index contributed by atoms with van der Waals surface area (Å²) in [6, 6.07) is 4.10. The number of hydrogen-bond acceptors (Lipinski definition) is 3. The Morgan fingerprint density at radius 2 is 1.67 bits per heavy atom. The minimum atomic E-state index is -0.622. The molecule has 0 unspecified atom stereocenters. The summed E-state index contributed by atoms with van der Waals surface area (Å²) >= 11 is 0. The molecule has 66 valence electrons. The van der Waals surface area contributed by atoms with E-state index < -0.39 is 6.10 Å². The van der Waals surface area contributed by atoms with Gasteiger partial charge in [-0.15, -0.1) is 0 Å². The summed E-state index contributed by atoms with van der Waals surface area (Å²) in [4.78, 5) is 0. The highest BCUT2D eigenvalue weighted by Gasteiger charge is 2.06. The predicted octanol–water partition coefficient (Wildman–Crippen LogP) is 1.54. The first kappa shape index (κ1) is 8.87. The van der Waals surface area contributed by atoms with E-state index in [1.807, 2.05) is 6.92 Å². The van der Waals surface area contributed by atoms with Crippen LogP contribution in [0.15, 0.2) is 18.2 Å². The molecule has 0 aromatic heterocycles. The van der Waals surface area contributed by atoms with Gasteiger partial charge in [0.1, 0.15) is 11.5 Å². The molecule has 1 aromatic carbocycles. The second kappa shape index (κ2) is 3.45. The van der Waals surface area contributed by atoms with Crippen LogP contribution in [0.3, 0.4) is 0 Å². The zero-order valence-corrected chi connectivity index (χ0v) is 6.86. The second-order valence-corrected chi connectivity index (χ2v) is 2.71. The normalized spacial score (nSPS) is 12.8. The van der Waals surface area contributed by atoms with Gasteiger partial charge in [0.15, 0.2) is 0 Å². The molecule has 0 radical (unpaired) electrons. The van der Waals surface area contributed by atoms with E-state index in [-0.39, 0.29) is 11.5 Å². The van der Waals surface area contributed by atoms with Crippen molar-refractivity contribution in [3.8, 4) is 11.5 Å². The molecule has 1 atom stereocenters. The van der Waals surface area contributed by atoms with Crippen LogP contribution < -0.4 is 0 Å². The van der Waals surface area contributed by atoms with Gasteiger partial charge < -0.3 is 15.3 Å². The molecule has 0 heterocycles. The number of aliphatic hydroxyl groups excluding tert-OH is 1. The lowest BCUT2D eigenvalue weighted by Gasteiger charge is -2.08. The highest BCUT2D eigenvalue weighted by atomic mass is 16.3. The Labute approximate surface area is 70.9 Å². The van der Waals surface area contributed by atoms with Crippen molar-refractivity contribution in [1.29, 1.82) is 0 Å². The number of rotatable bonds is 2. The minimum Gasteiger partial charge on any atom is -0.508 e. The van der Waals surface area contributed by atoms with Crippen molar-refractivity contribution in [1.82, 2.24) is 0 Å². The Hall–Kier alpha value is -1.22. The molecule has 0 saturated carbocycles. The van der Waals surface area contributed by atoms with E-state index in [9.17, 15) is 5.11 Å². The summed E-state index contributed by atoms with van der Waals surface area (Å²) in [5, 5.41) is 27.5. The molecule has 1 rings (SSSR count). The van der Waals surface area contributed by atoms with Crippen molar-refractivity contribution in [3.63, 3.8) is 0 Å². The number of hydrogen-bond donors (Lipinski definition) is 3. The first-order valence-electron chi connectivity index (χ1n) is 3.84. The average molecular weight is 168 g/mol. The number of phenols is 2. The third-order valence-electron chi connectivity index (χ3n) is 1.70. The quantitative estimate of drug-likeness (QED) is 0.627. The van der Waals surface area contributed by atoms with Crippen LogP contribution in [-0.4, -0.2) is 15.3 Å². The molecule has 0 aliphatic carbocycles. The van der Waals surface area contributed by atoms with Crippen molar-refractivity contribution in [3.05, 3.63) is 23.8 Å². The molecule has 3 heteroatoms. The van der Waals surface area contributed by atoms with Gasteiger partial charge in [0, 0.05) is 6.07 Å². The standard InChI is InChI=1S/C9H12O3/c1-2-9(12)6-3-7(10)5-8(11)4-6/h3-5,9-12H,2H2,1H3/t9-/m1/s1. The third-order valence-corrected chi connectivity index (χ3v) is 1.70. The number of aromatic hydroxyl groups is 2. The Bertz CT molecular complexity index is 250. The fraction of sp³-hybridized carbons (Fsp3) is 0.333. The Morgan fingerprint density at radius 1 is 1.17 bits per heavy atom. The van der Waals surface area contributed by atoms with Crippen LogP contribution in [0.2, 0.25) is 0 Å². The molecule has 3 N–H and O–H groups in total. The van der Waals surface area contributed by atoms with Gasteiger partial charge in [0.2, 0.25) is 0 Å². The molecule has 12 heavy (non-hydrogen) atoms. The van der Waals surface area contributed by atoms with Crippen molar-refractivity contribution in [2.45, 2.75) is 19.4 Å². The smallest absolute Gasteiger partial charge is 0.119 e. The molecule has 3 nitrogen and oxygen atoms in total. The van der Waals surface area contributed by atoms with Gasteiger partial charge in [-0.3, -0.25) is 0 Å². The zero-order valence-electron chi connectivity index (χ0n) is 6.86. The van der Waals surface area contributed by atoms with Gasteiger partial charge in [-0.25, -0.2) is 0 Å². The highest BCUT2D eigenvalue weighted by Crippen LogP contribution is 2.25. The van der Waals surface area contributed by atoms with E-state index in [2.05, 4.69) is 0 Å². The fourth-order valence-electron chi connectivity index (χ4n) is 1.05. The number of benzene rings is 1. The van der Waals surface area contributed by atoms with E-state index in [1.165, 1.54) is 18.2 Å². The molecule has 0 bridgehead atoms. The topological polar surface area (TPSA) is 60.7 Å². The summed E-state index contributed by atoms with van der Waals surface area (Å²) in [6.45, 7) is 1.83. The van der Waals surface area contributed by atoms with E-state index in [4.69, 9.17) is 10.2 Å². The Balaban J connectivity index is 3.00. The van der Waals surface area contributed by atoms with Crippen LogP contribution >= 0.6 is 0 Å². The second-order valence-electron chi connectivity index (χ2n) is 2.71. The van der Waals surface area contributed by atoms with Crippen molar-refractivity contribution in [2.75, 3.05) is 0 Å². The van der Waals surface area contributed by atoms with Gasteiger partial charge in [-0.05, 0) is 24.1 Å². The van der Waals surface area contributed by atoms with Crippen LogP contribution in [-0.2, 0) is 0 Å². The Morgan fingerprint density at radius 3 is 2.08 bits per heavy atom. The SMILES string of the molecule is CC[C@@H](O)c1cc(O)cc(O)c1. The van der Waals surface area contributed by atoms with Crippen molar-refractivity contribution < 1.29 is 15.3 Å². The summed E-state index contributed by atoms with van der Waals surface area (Å²) < 4.78 is 0. The maximum absolute atomic E-state index is 9.36. The largest absolute Gasteiger partial charge is 0.508 e. The molecule has 0 fully saturated rings. The van der Waals surface area contributed by atoms with E-state index >= 15 is 0 Å². The first-order valence-corrected chi connectivity index (χ1v) is 3.84. The van der Waals surface area contributed by atoms with Crippen LogP contribution in [0, 0.1) is 0 Å². The molecule has 0 saturated heterocycles. The predicted molar refractivity (Wildman–Crippen MR) is 45.0 cm³/mol. The summed E-state index contributed by atoms with van der Waals surface area (Å²) in [6.07, 6.45) is -0.0638. The molecular formula is C9H12O3. The number of aliphatic hydroxyl groups is 1. The molecule has 0 amide bonds. The lowest BCUT2D eigenvalue weighted by Crippen LogP contribution is -1.94. The van der Waals surface area contributed by atoms with Crippen LogP contribution in [0.4, 0.5) is 0 Å². The average Bonchev–Trinajstić information content (AvgIpc) is 2.01. The molecule has 1 aromatic rings. The number of phenolic OH excluding ortho intramolecular Hbond substituents is 2. The van der Waals surface area contributed by atoms with Gasteiger partial charge in [0.05, 0.1) is 6.10 Å². The Kier molecular flexibility index (Phi) is 2.55. The maximum Gasteiger partial charge on any atom is 0.119 e.